The molecular formula is C19H35NO4. The number of methoxy groups -OCH3 is 1. The Bertz CT molecular complexity index is 355. The zero-order valence-corrected chi connectivity index (χ0v) is 15.7. The Balaban J connectivity index is 3.64. The Morgan fingerprint density at radius 2 is 1.79 bits per heavy atom. The number of unbranched alkanes of at least 4 members (excludes halogenated alkanes) is 5. The predicted octanol–water partition coefficient (Wildman–Crippen LogP) is 4.47. The fourth-order valence-corrected chi connectivity index (χ4v) is 2.49. The number of carbonyl (C=O) groups excluding carboxylic acids is 2. The average molecular weight is 341 g/mol. The van der Waals surface area contributed by atoms with Crippen molar-refractivity contribution in [1.29, 1.82) is 0 Å². The second kappa shape index (κ2) is 16.5. The van der Waals surface area contributed by atoms with Crippen LogP contribution in [0.1, 0.15) is 84.5 Å². The van der Waals surface area contributed by atoms with Crippen molar-refractivity contribution >= 4 is 18.2 Å². The van der Waals surface area contributed by atoms with Crippen molar-refractivity contribution in [2.24, 2.45) is 4.99 Å². The van der Waals surface area contributed by atoms with Crippen LogP contribution >= 0.6 is 0 Å². The van der Waals surface area contributed by atoms with Crippen LogP contribution in [-0.2, 0) is 19.1 Å². The third-order valence-electron chi connectivity index (χ3n) is 3.85. The van der Waals surface area contributed by atoms with Crippen LogP contribution in [0.15, 0.2) is 4.99 Å². The molecule has 0 amide bonds. The van der Waals surface area contributed by atoms with E-state index in [1.807, 2.05) is 6.21 Å². The van der Waals surface area contributed by atoms with Gasteiger partial charge in [-0.15, -0.1) is 0 Å². The van der Waals surface area contributed by atoms with Gasteiger partial charge in [-0.05, 0) is 44.7 Å². The minimum Gasteiger partial charge on any atom is -0.469 e. The number of esters is 2. The maximum Gasteiger partial charge on any atom is 0.305 e. The zero-order valence-electron chi connectivity index (χ0n) is 15.7. The van der Waals surface area contributed by atoms with Crippen molar-refractivity contribution in [3.8, 4) is 0 Å². The van der Waals surface area contributed by atoms with Gasteiger partial charge in [-0.3, -0.25) is 14.6 Å². The molecule has 0 aromatic heterocycles. The molecule has 0 saturated carbocycles. The first-order valence-corrected chi connectivity index (χ1v) is 9.32. The first-order chi connectivity index (χ1) is 11.6. The van der Waals surface area contributed by atoms with Crippen molar-refractivity contribution < 1.29 is 19.1 Å². The highest BCUT2D eigenvalue weighted by atomic mass is 16.5. The Labute approximate surface area is 147 Å². The van der Waals surface area contributed by atoms with Gasteiger partial charge in [-0.2, -0.15) is 0 Å². The van der Waals surface area contributed by atoms with E-state index in [0.717, 1.165) is 57.9 Å². The zero-order chi connectivity index (χ0) is 18.0. The van der Waals surface area contributed by atoms with Crippen LogP contribution in [0.4, 0.5) is 0 Å². The van der Waals surface area contributed by atoms with Crippen LogP contribution < -0.4 is 0 Å². The van der Waals surface area contributed by atoms with E-state index in [0.29, 0.717) is 6.42 Å². The lowest BCUT2D eigenvalue weighted by Crippen LogP contribution is -2.16. The number of aliphatic imine (C=N–C) groups is 1. The van der Waals surface area contributed by atoms with Crippen molar-refractivity contribution in [3.63, 3.8) is 0 Å². The number of nitrogens with zero attached hydrogens (tertiary/aromatic N) is 1. The van der Waals surface area contributed by atoms with Crippen molar-refractivity contribution in [2.75, 3.05) is 13.7 Å². The van der Waals surface area contributed by atoms with Gasteiger partial charge in [0, 0.05) is 19.9 Å². The molecule has 0 N–H and O–H groups in total. The number of carbonyl (C=O) groups is 2. The second-order valence-corrected chi connectivity index (χ2v) is 6.13. The summed E-state index contributed by atoms with van der Waals surface area (Å²) in [6, 6.07) is 0. The SMILES string of the molecule is CCCCC[C@H](CCC=NCCCCCCC(=O)OC)OC(C)=O. The normalized spacial score (nSPS) is 12.3. The molecule has 5 nitrogen and oxygen atoms in total. The van der Waals surface area contributed by atoms with Crippen LogP contribution in [0, 0.1) is 0 Å². The van der Waals surface area contributed by atoms with Crippen LogP contribution in [-0.4, -0.2) is 37.9 Å². The maximum absolute atomic E-state index is 11.1. The van der Waals surface area contributed by atoms with E-state index in [1.54, 1.807) is 0 Å². The lowest BCUT2D eigenvalue weighted by molar-refractivity contribution is -0.147. The summed E-state index contributed by atoms with van der Waals surface area (Å²) in [6.45, 7) is 4.47. The fourth-order valence-electron chi connectivity index (χ4n) is 2.49. The summed E-state index contributed by atoms with van der Waals surface area (Å²) in [5.41, 5.74) is 0. The highest BCUT2D eigenvalue weighted by molar-refractivity contribution is 5.69. The van der Waals surface area contributed by atoms with Crippen LogP contribution in [0.3, 0.4) is 0 Å². The molecule has 5 heteroatoms. The summed E-state index contributed by atoms with van der Waals surface area (Å²) < 4.78 is 9.96. The summed E-state index contributed by atoms with van der Waals surface area (Å²) in [4.78, 5) is 26.5. The van der Waals surface area contributed by atoms with Gasteiger partial charge in [0.1, 0.15) is 6.10 Å². The Hall–Kier alpha value is -1.39. The van der Waals surface area contributed by atoms with Crippen LogP contribution in [0.25, 0.3) is 0 Å². The standard InChI is InChI=1S/C19H35NO4/c1-4-5-8-12-18(24-17(2)21)13-11-16-20-15-10-7-6-9-14-19(22)23-3/h16,18H,4-15H2,1-3H3/t18-/m1/s1. The summed E-state index contributed by atoms with van der Waals surface area (Å²) in [5, 5.41) is 0. The molecule has 0 aromatic carbocycles. The second-order valence-electron chi connectivity index (χ2n) is 6.13. The van der Waals surface area contributed by atoms with Crippen molar-refractivity contribution in [2.45, 2.75) is 90.6 Å². The molecule has 0 aromatic rings. The molecule has 0 aliphatic rings. The Morgan fingerprint density at radius 1 is 1.04 bits per heavy atom. The summed E-state index contributed by atoms with van der Waals surface area (Å²) in [7, 11) is 1.42. The van der Waals surface area contributed by atoms with E-state index < -0.39 is 0 Å². The molecule has 0 heterocycles. The topological polar surface area (TPSA) is 65.0 Å². The molecule has 140 valence electrons. The van der Waals surface area contributed by atoms with E-state index >= 15 is 0 Å². The summed E-state index contributed by atoms with van der Waals surface area (Å²) in [6.07, 6.45) is 12.7. The number of ether oxygens (including phenoxy) is 2. The highest BCUT2D eigenvalue weighted by Crippen LogP contribution is 2.12. The van der Waals surface area contributed by atoms with Gasteiger partial charge >= 0.3 is 11.9 Å². The third-order valence-corrected chi connectivity index (χ3v) is 3.85. The first-order valence-electron chi connectivity index (χ1n) is 9.32. The summed E-state index contributed by atoms with van der Waals surface area (Å²) in [5.74, 6) is -0.324. The minimum absolute atomic E-state index is 0.0267. The van der Waals surface area contributed by atoms with E-state index in [2.05, 4.69) is 16.7 Å². The van der Waals surface area contributed by atoms with Gasteiger partial charge in [-0.1, -0.05) is 32.6 Å². The molecule has 0 spiro atoms. The molecule has 0 fully saturated rings. The molecule has 0 radical (unpaired) electrons. The van der Waals surface area contributed by atoms with E-state index in [9.17, 15) is 9.59 Å². The quantitative estimate of drug-likeness (QED) is 0.250. The number of hydrogen-bond acceptors (Lipinski definition) is 5. The van der Waals surface area contributed by atoms with Crippen molar-refractivity contribution in [1.82, 2.24) is 0 Å². The van der Waals surface area contributed by atoms with E-state index in [4.69, 9.17) is 4.74 Å². The molecule has 0 rings (SSSR count). The molecular weight excluding hydrogens is 306 g/mol. The van der Waals surface area contributed by atoms with Crippen LogP contribution in [0.2, 0.25) is 0 Å². The average Bonchev–Trinajstić information content (AvgIpc) is 2.55. The molecule has 0 bridgehead atoms. The summed E-state index contributed by atoms with van der Waals surface area (Å²) >= 11 is 0. The molecule has 0 unspecified atom stereocenters. The fraction of sp³-hybridized carbons (Fsp3) is 0.842. The van der Waals surface area contributed by atoms with Gasteiger partial charge in [-0.25, -0.2) is 0 Å². The largest absolute Gasteiger partial charge is 0.469 e. The maximum atomic E-state index is 11.1. The van der Waals surface area contributed by atoms with Gasteiger partial charge in [0.25, 0.3) is 0 Å². The molecule has 1 atom stereocenters. The predicted molar refractivity (Wildman–Crippen MR) is 97.4 cm³/mol. The van der Waals surface area contributed by atoms with Crippen LogP contribution in [0.5, 0.6) is 0 Å². The number of hydrogen-bond donors (Lipinski definition) is 0. The minimum atomic E-state index is -0.194. The Morgan fingerprint density at radius 3 is 2.46 bits per heavy atom. The lowest BCUT2D eigenvalue weighted by Gasteiger charge is -2.15. The molecule has 24 heavy (non-hydrogen) atoms. The van der Waals surface area contributed by atoms with Gasteiger partial charge in [0.2, 0.25) is 0 Å². The van der Waals surface area contributed by atoms with E-state index in [1.165, 1.54) is 26.9 Å². The van der Waals surface area contributed by atoms with Gasteiger partial charge in [0.15, 0.2) is 0 Å². The van der Waals surface area contributed by atoms with E-state index in [-0.39, 0.29) is 18.0 Å². The number of rotatable bonds is 15. The lowest BCUT2D eigenvalue weighted by atomic mass is 10.1. The third kappa shape index (κ3) is 15.5. The molecule has 0 saturated heterocycles. The van der Waals surface area contributed by atoms with Gasteiger partial charge < -0.3 is 9.47 Å². The highest BCUT2D eigenvalue weighted by Gasteiger charge is 2.10. The Kier molecular flexibility index (Phi) is 15.5. The molecule has 0 aliphatic heterocycles. The monoisotopic (exact) mass is 341 g/mol. The smallest absolute Gasteiger partial charge is 0.305 e. The van der Waals surface area contributed by atoms with Crippen molar-refractivity contribution in [3.05, 3.63) is 0 Å². The first kappa shape index (κ1) is 22.6. The molecule has 0 aliphatic carbocycles. The van der Waals surface area contributed by atoms with Gasteiger partial charge in [0.05, 0.1) is 7.11 Å².